The minimum atomic E-state index is 0.301. The number of hydrogen-bond acceptors (Lipinski definition) is 3. The van der Waals surface area contributed by atoms with Gasteiger partial charge in [0.15, 0.2) is 0 Å². The fraction of sp³-hybridized carbons (Fsp3) is 0.750. The Morgan fingerprint density at radius 3 is 2.54 bits per heavy atom. The molecule has 0 fully saturated rings. The van der Waals surface area contributed by atoms with Crippen LogP contribution in [-0.4, -0.2) is 39.7 Å². The number of likely N-dealkylation sites (N-methyl/N-ethyl adjacent to an activating group) is 1. The van der Waals surface area contributed by atoms with Crippen molar-refractivity contribution in [1.29, 1.82) is 0 Å². The number of nitrogens with zero attached hydrogens (tertiary/aromatic N) is 3. The molecule has 0 saturated heterocycles. The van der Waals surface area contributed by atoms with E-state index in [0.717, 1.165) is 31.9 Å². The summed E-state index contributed by atoms with van der Waals surface area (Å²) < 4.78 is 0. The third kappa shape index (κ3) is 3.32. The van der Waals surface area contributed by atoms with Crippen LogP contribution in [0.3, 0.4) is 0 Å². The van der Waals surface area contributed by atoms with Crippen LogP contribution < -0.4 is 0 Å². The molecule has 0 atom stereocenters. The highest BCUT2D eigenvalue weighted by molar-refractivity contribution is 6.28. The average molecular weight is 203 g/mol. The van der Waals surface area contributed by atoms with Crippen LogP contribution in [0.4, 0.5) is 0 Å². The number of H-pyrrole nitrogens is 1. The zero-order valence-electron chi connectivity index (χ0n) is 8.05. The van der Waals surface area contributed by atoms with Crippen molar-refractivity contribution in [3.8, 4) is 0 Å². The molecule has 1 aromatic rings. The van der Waals surface area contributed by atoms with Crippen LogP contribution in [0.15, 0.2) is 0 Å². The topological polar surface area (TPSA) is 44.8 Å². The van der Waals surface area contributed by atoms with Crippen molar-refractivity contribution in [2.45, 2.75) is 20.3 Å². The van der Waals surface area contributed by atoms with Crippen molar-refractivity contribution < 1.29 is 0 Å². The largest absolute Gasteiger partial charge is 0.303 e. The maximum Gasteiger partial charge on any atom is 0.242 e. The predicted molar refractivity (Wildman–Crippen MR) is 52.9 cm³/mol. The molecule has 0 aliphatic rings. The van der Waals surface area contributed by atoms with Crippen LogP contribution in [-0.2, 0) is 6.42 Å². The summed E-state index contributed by atoms with van der Waals surface area (Å²) in [7, 11) is 0. The van der Waals surface area contributed by atoms with E-state index in [4.69, 9.17) is 11.6 Å². The van der Waals surface area contributed by atoms with E-state index in [9.17, 15) is 0 Å². The molecule has 4 nitrogen and oxygen atoms in total. The van der Waals surface area contributed by atoms with Crippen molar-refractivity contribution in [1.82, 2.24) is 20.1 Å². The first-order chi connectivity index (χ1) is 6.26. The van der Waals surface area contributed by atoms with Crippen LogP contribution in [0, 0.1) is 0 Å². The third-order valence-electron chi connectivity index (χ3n) is 2.06. The lowest BCUT2D eigenvalue weighted by Crippen LogP contribution is -2.25. The smallest absolute Gasteiger partial charge is 0.242 e. The second-order valence-electron chi connectivity index (χ2n) is 2.83. The summed E-state index contributed by atoms with van der Waals surface area (Å²) in [5.41, 5.74) is 0. The van der Waals surface area contributed by atoms with Crippen molar-refractivity contribution in [2.75, 3.05) is 19.6 Å². The van der Waals surface area contributed by atoms with E-state index in [2.05, 4.69) is 33.9 Å². The lowest BCUT2D eigenvalue weighted by Gasteiger charge is -2.16. The van der Waals surface area contributed by atoms with Gasteiger partial charge in [0.05, 0.1) is 0 Å². The summed E-state index contributed by atoms with van der Waals surface area (Å²) in [6.45, 7) is 7.43. The van der Waals surface area contributed by atoms with Crippen molar-refractivity contribution in [3.05, 3.63) is 11.1 Å². The first-order valence-corrected chi connectivity index (χ1v) is 4.93. The summed E-state index contributed by atoms with van der Waals surface area (Å²) in [6, 6.07) is 0. The number of hydrogen-bond donors (Lipinski definition) is 1. The first kappa shape index (κ1) is 10.5. The fourth-order valence-electron chi connectivity index (χ4n) is 1.19. The van der Waals surface area contributed by atoms with E-state index in [0.29, 0.717) is 5.28 Å². The molecule has 74 valence electrons. The Morgan fingerprint density at radius 1 is 1.38 bits per heavy atom. The molecule has 0 spiro atoms. The van der Waals surface area contributed by atoms with Crippen LogP contribution >= 0.6 is 11.6 Å². The lowest BCUT2D eigenvalue weighted by atomic mass is 10.3. The van der Waals surface area contributed by atoms with E-state index >= 15 is 0 Å². The van der Waals surface area contributed by atoms with Gasteiger partial charge in [0.25, 0.3) is 0 Å². The van der Waals surface area contributed by atoms with E-state index in [1.807, 2.05) is 0 Å². The molecule has 0 amide bonds. The summed E-state index contributed by atoms with van der Waals surface area (Å²) in [4.78, 5) is 6.35. The zero-order chi connectivity index (χ0) is 9.68. The van der Waals surface area contributed by atoms with E-state index in [1.165, 1.54) is 0 Å². The van der Waals surface area contributed by atoms with Gasteiger partial charge in [-0.3, -0.25) is 5.10 Å². The highest BCUT2D eigenvalue weighted by Gasteiger charge is 2.03. The Bertz CT molecular complexity index is 244. The van der Waals surface area contributed by atoms with E-state index < -0.39 is 0 Å². The van der Waals surface area contributed by atoms with Crippen LogP contribution in [0.5, 0.6) is 0 Å². The number of aromatic nitrogens is 3. The van der Waals surface area contributed by atoms with Gasteiger partial charge in [-0.1, -0.05) is 13.8 Å². The zero-order valence-corrected chi connectivity index (χ0v) is 8.80. The van der Waals surface area contributed by atoms with Crippen LogP contribution in [0.25, 0.3) is 0 Å². The minimum Gasteiger partial charge on any atom is -0.303 e. The third-order valence-corrected chi connectivity index (χ3v) is 2.23. The summed E-state index contributed by atoms with van der Waals surface area (Å²) in [6.07, 6.45) is 0.876. The molecule has 5 heteroatoms. The molecule has 0 unspecified atom stereocenters. The Hall–Kier alpha value is -0.610. The van der Waals surface area contributed by atoms with Crippen LogP contribution in [0.1, 0.15) is 19.7 Å². The summed E-state index contributed by atoms with van der Waals surface area (Å²) in [5.74, 6) is 0.858. The van der Waals surface area contributed by atoms with Gasteiger partial charge in [0.1, 0.15) is 5.82 Å². The lowest BCUT2D eigenvalue weighted by molar-refractivity contribution is 0.306. The fourth-order valence-corrected chi connectivity index (χ4v) is 1.33. The highest BCUT2D eigenvalue weighted by Crippen LogP contribution is 2.00. The normalized spacial score (nSPS) is 11.1. The second kappa shape index (κ2) is 5.19. The highest BCUT2D eigenvalue weighted by atomic mass is 35.5. The predicted octanol–water partition coefficient (Wildman–Crippen LogP) is 1.34. The summed E-state index contributed by atoms with van der Waals surface area (Å²) >= 11 is 5.58. The number of nitrogens with one attached hydrogen (secondary N) is 1. The Labute approximate surface area is 83.3 Å². The molecule has 1 rings (SSSR count). The standard InChI is InChI=1S/C8H15ClN4/c1-3-13(4-2)6-5-7-10-8(9)12-11-7/h3-6H2,1-2H3,(H,10,11,12). The Balaban J connectivity index is 2.33. The second-order valence-corrected chi connectivity index (χ2v) is 3.17. The van der Waals surface area contributed by atoms with Gasteiger partial charge in [-0.25, -0.2) is 4.98 Å². The van der Waals surface area contributed by atoms with Gasteiger partial charge in [-0.05, 0) is 24.7 Å². The van der Waals surface area contributed by atoms with E-state index in [-0.39, 0.29) is 0 Å². The van der Waals surface area contributed by atoms with Gasteiger partial charge in [0, 0.05) is 13.0 Å². The molecule has 0 saturated carbocycles. The number of rotatable bonds is 5. The molecule has 0 aliphatic carbocycles. The van der Waals surface area contributed by atoms with Crippen molar-refractivity contribution >= 4 is 11.6 Å². The van der Waals surface area contributed by atoms with Crippen LogP contribution in [0.2, 0.25) is 5.28 Å². The monoisotopic (exact) mass is 202 g/mol. The quantitative estimate of drug-likeness (QED) is 0.784. The summed E-state index contributed by atoms with van der Waals surface area (Å²) in [5, 5.41) is 6.85. The van der Waals surface area contributed by atoms with Crippen molar-refractivity contribution in [3.63, 3.8) is 0 Å². The van der Waals surface area contributed by atoms with Gasteiger partial charge in [0.2, 0.25) is 5.28 Å². The molecule has 0 aliphatic heterocycles. The maximum absolute atomic E-state index is 5.58. The first-order valence-electron chi connectivity index (χ1n) is 4.55. The SMILES string of the molecule is CCN(CC)CCc1nc(Cl)n[nH]1. The molecular formula is C8H15ClN4. The van der Waals surface area contributed by atoms with Crippen molar-refractivity contribution in [2.24, 2.45) is 0 Å². The molecular weight excluding hydrogens is 188 g/mol. The maximum atomic E-state index is 5.58. The number of halogens is 1. The molecule has 1 N–H and O–H groups in total. The molecule has 0 bridgehead atoms. The Morgan fingerprint density at radius 2 is 2.08 bits per heavy atom. The average Bonchev–Trinajstić information content (AvgIpc) is 2.53. The molecule has 13 heavy (non-hydrogen) atoms. The minimum absolute atomic E-state index is 0.301. The van der Waals surface area contributed by atoms with Gasteiger partial charge >= 0.3 is 0 Å². The Kier molecular flexibility index (Phi) is 4.18. The molecule has 1 aromatic heterocycles. The van der Waals surface area contributed by atoms with Gasteiger partial charge in [-0.15, -0.1) is 5.10 Å². The molecule has 0 radical (unpaired) electrons. The molecule has 0 aromatic carbocycles. The molecule has 1 heterocycles. The van der Waals surface area contributed by atoms with Gasteiger partial charge < -0.3 is 4.90 Å². The number of aromatic amines is 1. The van der Waals surface area contributed by atoms with E-state index in [1.54, 1.807) is 0 Å². The van der Waals surface area contributed by atoms with Gasteiger partial charge in [-0.2, -0.15) is 0 Å².